The fourth-order valence-corrected chi connectivity index (χ4v) is 2.35. The molecule has 6 nitrogen and oxygen atoms in total. The summed E-state index contributed by atoms with van der Waals surface area (Å²) in [6.45, 7) is -0.802. The number of nitrogens with one attached hydrogen (secondary N) is 1. The predicted octanol–water partition coefficient (Wildman–Crippen LogP) is 3.57. The summed E-state index contributed by atoms with van der Waals surface area (Å²) in [6, 6.07) is 4.02. The second-order valence-corrected chi connectivity index (χ2v) is 5.45. The Labute approximate surface area is 156 Å². The van der Waals surface area contributed by atoms with Crippen LogP contribution in [0.15, 0.2) is 24.3 Å². The van der Waals surface area contributed by atoms with Gasteiger partial charge >= 0.3 is 5.97 Å². The maximum atomic E-state index is 13.5. The van der Waals surface area contributed by atoms with Crippen molar-refractivity contribution in [2.45, 2.75) is 0 Å². The molecule has 0 aliphatic rings. The third-order valence-corrected chi connectivity index (χ3v) is 3.59. The van der Waals surface area contributed by atoms with Gasteiger partial charge in [-0.1, -0.05) is 11.6 Å². The summed E-state index contributed by atoms with van der Waals surface area (Å²) in [4.78, 5) is 23.8. The number of rotatable bonds is 6. The number of esters is 1. The van der Waals surface area contributed by atoms with Crippen LogP contribution >= 0.6 is 11.6 Å². The van der Waals surface area contributed by atoms with Crippen molar-refractivity contribution in [2.24, 2.45) is 0 Å². The molecular formula is C17H13ClF3NO5. The van der Waals surface area contributed by atoms with Gasteiger partial charge in [-0.05, 0) is 24.3 Å². The van der Waals surface area contributed by atoms with E-state index in [1.807, 2.05) is 5.32 Å². The quantitative estimate of drug-likeness (QED) is 0.589. The van der Waals surface area contributed by atoms with Crippen LogP contribution in [-0.4, -0.2) is 32.7 Å². The van der Waals surface area contributed by atoms with Gasteiger partial charge in [-0.25, -0.2) is 18.0 Å². The lowest BCUT2D eigenvalue weighted by molar-refractivity contribution is -0.119. The number of benzene rings is 2. The van der Waals surface area contributed by atoms with Crippen molar-refractivity contribution in [3.8, 4) is 11.5 Å². The van der Waals surface area contributed by atoms with Crippen molar-refractivity contribution in [1.29, 1.82) is 0 Å². The molecule has 1 N–H and O–H groups in total. The van der Waals surface area contributed by atoms with Gasteiger partial charge in [-0.3, -0.25) is 4.79 Å². The van der Waals surface area contributed by atoms with Gasteiger partial charge in [-0.15, -0.1) is 0 Å². The maximum Gasteiger partial charge on any atom is 0.338 e. The Hall–Kier alpha value is -2.94. The average Bonchev–Trinajstić information content (AvgIpc) is 2.65. The fourth-order valence-electron chi connectivity index (χ4n) is 2.06. The maximum absolute atomic E-state index is 13.5. The van der Waals surface area contributed by atoms with Crippen molar-refractivity contribution in [2.75, 3.05) is 26.1 Å². The van der Waals surface area contributed by atoms with Crippen LogP contribution in [0.2, 0.25) is 5.02 Å². The molecule has 0 saturated carbocycles. The van der Waals surface area contributed by atoms with E-state index in [9.17, 15) is 22.8 Å². The molecule has 10 heteroatoms. The van der Waals surface area contributed by atoms with Crippen molar-refractivity contribution in [3.63, 3.8) is 0 Å². The van der Waals surface area contributed by atoms with Crippen molar-refractivity contribution < 1.29 is 37.0 Å². The zero-order chi connectivity index (χ0) is 20.1. The highest BCUT2D eigenvalue weighted by molar-refractivity contribution is 6.32. The van der Waals surface area contributed by atoms with Gasteiger partial charge in [0, 0.05) is 0 Å². The summed E-state index contributed by atoms with van der Waals surface area (Å²) >= 11 is 5.97. The van der Waals surface area contributed by atoms with Gasteiger partial charge in [0.15, 0.2) is 35.6 Å². The highest BCUT2D eigenvalue weighted by Gasteiger charge is 2.19. The number of hydrogen-bond acceptors (Lipinski definition) is 5. The van der Waals surface area contributed by atoms with Crippen LogP contribution in [0.1, 0.15) is 10.4 Å². The first kappa shape index (κ1) is 20.4. The van der Waals surface area contributed by atoms with E-state index in [-0.39, 0.29) is 22.1 Å². The Kier molecular flexibility index (Phi) is 6.51. The third-order valence-electron chi connectivity index (χ3n) is 3.31. The van der Waals surface area contributed by atoms with Gasteiger partial charge in [0.25, 0.3) is 5.91 Å². The largest absolute Gasteiger partial charge is 0.493 e. The molecule has 0 aliphatic carbocycles. The van der Waals surface area contributed by atoms with E-state index in [0.29, 0.717) is 6.07 Å². The lowest BCUT2D eigenvalue weighted by Gasteiger charge is -2.12. The Morgan fingerprint density at radius 2 is 1.78 bits per heavy atom. The van der Waals surface area contributed by atoms with Gasteiger partial charge in [-0.2, -0.15) is 0 Å². The fraction of sp³-hybridized carbons (Fsp3) is 0.176. The van der Waals surface area contributed by atoms with Crippen LogP contribution in [-0.2, 0) is 9.53 Å². The normalized spacial score (nSPS) is 10.3. The number of amides is 1. The second kappa shape index (κ2) is 8.63. The van der Waals surface area contributed by atoms with Crippen molar-refractivity contribution in [3.05, 3.63) is 52.3 Å². The first-order valence-electron chi connectivity index (χ1n) is 7.30. The minimum atomic E-state index is -1.73. The van der Waals surface area contributed by atoms with Gasteiger partial charge < -0.3 is 19.5 Å². The van der Waals surface area contributed by atoms with E-state index in [4.69, 9.17) is 25.8 Å². The molecule has 0 bridgehead atoms. The molecular weight excluding hydrogens is 391 g/mol. The van der Waals surface area contributed by atoms with Crippen molar-refractivity contribution >= 4 is 29.2 Å². The molecule has 2 aromatic carbocycles. The molecule has 0 atom stereocenters. The monoisotopic (exact) mass is 403 g/mol. The molecule has 0 aromatic heterocycles. The molecule has 2 rings (SSSR count). The first-order valence-corrected chi connectivity index (χ1v) is 7.68. The topological polar surface area (TPSA) is 73.9 Å². The number of hydrogen-bond donors (Lipinski definition) is 1. The van der Waals surface area contributed by atoms with Crippen LogP contribution in [0.25, 0.3) is 0 Å². The number of halogens is 4. The first-order chi connectivity index (χ1) is 12.8. The predicted molar refractivity (Wildman–Crippen MR) is 89.8 cm³/mol. The minimum absolute atomic E-state index is 0.0237. The Balaban J connectivity index is 2.04. The van der Waals surface area contributed by atoms with E-state index < -0.39 is 41.6 Å². The highest BCUT2D eigenvalue weighted by Crippen LogP contribution is 2.36. The summed E-state index contributed by atoms with van der Waals surface area (Å²) < 4.78 is 54.4. The molecule has 0 aliphatic heterocycles. The van der Waals surface area contributed by atoms with Gasteiger partial charge in [0.1, 0.15) is 0 Å². The third kappa shape index (κ3) is 4.62. The SMILES string of the molecule is COc1cc(C(=O)OCC(=O)Nc2ccc(F)c(F)c2F)cc(Cl)c1OC. The number of ether oxygens (including phenoxy) is 3. The highest BCUT2D eigenvalue weighted by atomic mass is 35.5. The summed E-state index contributed by atoms with van der Waals surface area (Å²) in [5.41, 5.74) is -0.617. The summed E-state index contributed by atoms with van der Waals surface area (Å²) in [6.07, 6.45) is 0. The molecule has 27 heavy (non-hydrogen) atoms. The summed E-state index contributed by atoms with van der Waals surface area (Å²) in [5.74, 6) is -6.19. The van der Waals surface area contributed by atoms with Crippen LogP contribution in [0.4, 0.5) is 18.9 Å². The number of methoxy groups -OCH3 is 2. The van der Waals surface area contributed by atoms with E-state index in [0.717, 1.165) is 6.07 Å². The van der Waals surface area contributed by atoms with Gasteiger partial charge in [0.2, 0.25) is 0 Å². The van der Waals surface area contributed by atoms with Crippen LogP contribution in [0.5, 0.6) is 11.5 Å². The molecule has 0 fully saturated rings. The molecule has 144 valence electrons. The average molecular weight is 404 g/mol. The number of carbonyl (C=O) groups excluding carboxylic acids is 2. The number of carbonyl (C=O) groups is 2. The zero-order valence-electron chi connectivity index (χ0n) is 14.1. The molecule has 0 spiro atoms. The van der Waals surface area contributed by atoms with Crippen LogP contribution in [0.3, 0.4) is 0 Å². The zero-order valence-corrected chi connectivity index (χ0v) is 14.8. The van der Waals surface area contributed by atoms with E-state index in [1.54, 1.807) is 0 Å². The van der Waals surface area contributed by atoms with Gasteiger partial charge in [0.05, 0.1) is 30.5 Å². The molecule has 1 amide bonds. The molecule has 0 saturated heterocycles. The summed E-state index contributed by atoms with van der Waals surface area (Å²) in [7, 11) is 2.70. The molecule has 0 radical (unpaired) electrons. The molecule has 2 aromatic rings. The molecule has 0 unspecified atom stereocenters. The lowest BCUT2D eigenvalue weighted by atomic mass is 10.2. The van der Waals surface area contributed by atoms with E-state index in [1.165, 1.54) is 26.4 Å². The van der Waals surface area contributed by atoms with E-state index >= 15 is 0 Å². The Morgan fingerprint density at radius 1 is 1.07 bits per heavy atom. The number of anilines is 1. The van der Waals surface area contributed by atoms with Crippen molar-refractivity contribution in [1.82, 2.24) is 0 Å². The Bertz CT molecular complexity index is 891. The molecule has 0 heterocycles. The van der Waals surface area contributed by atoms with Crippen LogP contribution < -0.4 is 14.8 Å². The second-order valence-electron chi connectivity index (χ2n) is 5.04. The lowest BCUT2D eigenvalue weighted by Crippen LogP contribution is -2.22. The Morgan fingerprint density at radius 3 is 2.41 bits per heavy atom. The van der Waals surface area contributed by atoms with E-state index in [2.05, 4.69) is 0 Å². The summed E-state index contributed by atoms with van der Waals surface area (Å²) in [5, 5.41) is 2.05. The van der Waals surface area contributed by atoms with Crippen LogP contribution in [0, 0.1) is 17.5 Å². The minimum Gasteiger partial charge on any atom is -0.493 e. The smallest absolute Gasteiger partial charge is 0.338 e. The standard InChI is InChI=1S/C17H13ClF3NO5/c1-25-12-6-8(5-9(18)16(12)26-2)17(24)27-7-13(23)22-11-4-3-10(19)14(20)15(11)21/h3-6H,7H2,1-2H3,(H,22,23).